The van der Waals surface area contributed by atoms with Gasteiger partial charge >= 0.3 is 0 Å². The molecule has 4 aromatic rings. The molecular formula is C21H19FN4O. The minimum Gasteiger partial charge on any atom is -0.481 e. The first-order valence-electron chi connectivity index (χ1n) is 8.78. The minimum atomic E-state index is -0.427. The summed E-state index contributed by atoms with van der Waals surface area (Å²) in [6.45, 7) is 0. The van der Waals surface area contributed by atoms with E-state index in [-0.39, 0.29) is 0 Å². The van der Waals surface area contributed by atoms with Crippen LogP contribution < -0.4 is 4.74 Å². The van der Waals surface area contributed by atoms with Crippen molar-refractivity contribution < 1.29 is 9.13 Å². The van der Waals surface area contributed by atoms with Crippen molar-refractivity contribution in [2.75, 3.05) is 7.11 Å². The van der Waals surface area contributed by atoms with E-state index in [4.69, 9.17) is 4.74 Å². The fourth-order valence-electron chi connectivity index (χ4n) is 3.20. The summed E-state index contributed by atoms with van der Waals surface area (Å²) >= 11 is 0. The molecule has 0 spiro atoms. The van der Waals surface area contributed by atoms with Crippen LogP contribution in [-0.2, 0) is 19.3 Å². The van der Waals surface area contributed by atoms with Crippen LogP contribution in [0.4, 0.5) is 4.39 Å². The van der Waals surface area contributed by atoms with E-state index in [9.17, 15) is 4.39 Å². The van der Waals surface area contributed by atoms with Gasteiger partial charge < -0.3 is 9.72 Å². The number of hydrogen-bond donors (Lipinski definition) is 1. The molecule has 4 heterocycles. The third kappa shape index (κ3) is 3.65. The molecule has 0 saturated heterocycles. The fraction of sp³-hybridized carbons (Fsp3) is 0.190. The molecule has 0 amide bonds. The number of aromatic nitrogens is 4. The minimum absolute atomic E-state index is 0.427. The van der Waals surface area contributed by atoms with E-state index in [1.807, 2.05) is 42.6 Å². The molecule has 0 bridgehead atoms. The highest BCUT2D eigenvalue weighted by Crippen LogP contribution is 2.21. The Kier molecular flexibility index (Phi) is 4.78. The Balaban J connectivity index is 1.49. The van der Waals surface area contributed by atoms with Crippen LogP contribution in [0.2, 0.25) is 0 Å². The Morgan fingerprint density at radius 2 is 1.81 bits per heavy atom. The Bertz CT molecular complexity index is 1080. The van der Waals surface area contributed by atoms with Gasteiger partial charge in [-0.05, 0) is 42.7 Å². The van der Waals surface area contributed by atoms with E-state index in [1.165, 1.54) is 0 Å². The SMILES string of the molecule is COc1ncccc1CCc1ccc(Cc2c[nH]c3ncccc23)c(F)n1. The highest BCUT2D eigenvalue weighted by molar-refractivity contribution is 5.79. The largest absolute Gasteiger partial charge is 0.481 e. The van der Waals surface area contributed by atoms with E-state index in [0.29, 0.717) is 36.4 Å². The maximum Gasteiger partial charge on any atom is 0.216 e. The Morgan fingerprint density at radius 1 is 0.963 bits per heavy atom. The molecule has 0 aromatic carbocycles. The first-order chi connectivity index (χ1) is 13.2. The average Bonchev–Trinajstić information content (AvgIpc) is 3.11. The zero-order valence-corrected chi connectivity index (χ0v) is 14.9. The lowest BCUT2D eigenvalue weighted by Crippen LogP contribution is -2.02. The molecule has 0 aliphatic carbocycles. The number of aromatic amines is 1. The predicted octanol–water partition coefficient (Wildman–Crippen LogP) is 3.88. The van der Waals surface area contributed by atoms with Crippen LogP contribution in [0.3, 0.4) is 0 Å². The van der Waals surface area contributed by atoms with Crippen molar-refractivity contribution in [2.45, 2.75) is 19.3 Å². The molecule has 1 N–H and O–H groups in total. The summed E-state index contributed by atoms with van der Waals surface area (Å²) in [5, 5.41) is 1.00. The van der Waals surface area contributed by atoms with Crippen molar-refractivity contribution >= 4 is 11.0 Å². The van der Waals surface area contributed by atoms with Gasteiger partial charge in [0.1, 0.15) is 5.65 Å². The number of aryl methyl sites for hydroxylation is 2. The quantitative estimate of drug-likeness (QED) is 0.529. The lowest BCUT2D eigenvalue weighted by molar-refractivity contribution is 0.392. The van der Waals surface area contributed by atoms with Crippen LogP contribution in [0.15, 0.2) is 55.0 Å². The first-order valence-corrected chi connectivity index (χ1v) is 8.78. The van der Waals surface area contributed by atoms with Crippen molar-refractivity contribution in [1.29, 1.82) is 0 Å². The number of halogens is 1. The van der Waals surface area contributed by atoms with Crippen molar-refractivity contribution in [3.05, 3.63) is 83.3 Å². The number of nitrogens with zero attached hydrogens (tertiary/aromatic N) is 3. The zero-order valence-electron chi connectivity index (χ0n) is 14.9. The van der Waals surface area contributed by atoms with Gasteiger partial charge in [0.05, 0.1) is 7.11 Å². The van der Waals surface area contributed by atoms with Crippen molar-refractivity contribution in [3.63, 3.8) is 0 Å². The summed E-state index contributed by atoms with van der Waals surface area (Å²) in [6, 6.07) is 11.4. The van der Waals surface area contributed by atoms with Crippen LogP contribution in [-0.4, -0.2) is 27.0 Å². The fourth-order valence-corrected chi connectivity index (χ4v) is 3.20. The number of H-pyrrole nitrogens is 1. The third-order valence-corrected chi connectivity index (χ3v) is 4.60. The normalized spacial score (nSPS) is 11.0. The average molecular weight is 362 g/mol. The standard InChI is InChI=1S/C21H19FN4O/c1-27-21-14(4-2-11-24-21)6-8-17-9-7-15(19(22)26-17)12-16-13-25-20-18(16)5-3-10-23-20/h2-5,7,9-11,13H,6,8,12H2,1H3,(H,23,25). The maximum absolute atomic E-state index is 14.5. The first kappa shape index (κ1) is 17.1. The summed E-state index contributed by atoms with van der Waals surface area (Å²) in [5.74, 6) is 0.173. The van der Waals surface area contributed by atoms with Crippen molar-refractivity contribution in [1.82, 2.24) is 19.9 Å². The van der Waals surface area contributed by atoms with Gasteiger partial charge in [0.2, 0.25) is 11.8 Å². The summed E-state index contributed by atoms with van der Waals surface area (Å²) in [4.78, 5) is 15.7. The number of nitrogens with one attached hydrogen (secondary N) is 1. The zero-order chi connectivity index (χ0) is 18.6. The Hall–Kier alpha value is -3.28. The molecule has 0 aliphatic rings. The van der Waals surface area contributed by atoms with Gasteiger partial charge in [-0.3, -0.25) is 0 Å². The molecule has 0 saturated carbocycles. The summed E-state index contributed by atoms with van der Waals surface area (Å²) in [6.07, 6.45) is 7.08. The number of rotatable bonds is 6. The highest BCUT2D eigenvalue weighted by Gasteiger charge is 2.11. The number of pyridine rings is 3. The Labute approximate surface area is 156 Å². The molecule has 6 heteroatoms. The van der Waals surface area contributed by atoms with Crippen LogP contribution in [0, 0.1) is 5.95 Å². The topological polar surface area (TPSA) is 63.7 Å². The van der Waals surface area contributed by atoms with Crippen molar-refractivity contribution in [3.8, 4) is 5.88 Å². The second kappa shape index (κ2) is 7.53. The van der Waals surface area contributed by atoms with Gasteiger partial charge in [-0.1, -0.05) is 12.1 Å². The van der Waals surface area contributed by atoms with E-state index in [1.54, 1.807) is 19.5 Å². The van der Waals surface area contributed by atoms with Gasteiger partial charge in [-0.2, -0.15) is 4.39 Å². The van der Waals surface area contributed by atoms with Gasteiger partial charge in [0.15, 0.2) is 0 Å². The number of methoxy groups -OCH3 is 1. The number of hydrogen-bond acceptors (Lipinski definition) is 4. The van der Waals surface area contributed by atoms with Gasteiger partial charge in [-0.25, -0.2) is 15.0 Å². The van der Waals surface area contributed by atoms with Crippen LogP contribution >= 0.6 is 0 Å². The maximum atomic E-state index is 14.5. The molecule has 4 aromatic heterocycles. The molecular weight excluding hydrogens is 343 g/mol. The highest BCUT2D eigenvalue weighted by atomic mass is 19.1. The lowest BCUT2D eigenvalue weighted by atomic mass is 10.0. The lowest BCUT2D eigenvalue weighted by Gasteiger charge is -2.08. The molecule has 0 unspecified atom stereocenters. The predicted molar refractivity (Wildman–Crippen MR) is 101 cm³/mol. The van der Waals surface area contributed by atoms with E-state index < -0.39 is 5.95 Å². The summed E-state index contributed by atoms with van der Waals surface area (Å²) in [7, 11) is 1.60. The molecule has 4 rings (SSSR count). The van der Waals surface area contributed by atoms with E-state index in [2.05, 4.69) is 19.9 Å². The number of ether oxygens (including phenoxy) is 1. The molecule has 0 aliphatic heterocycles. The molecule has 136 valence electrons. The molecule has 5 nitrogen and oxygen atoms in total. The second-order valence-electron chi connectivity index (χ2n) is 6.31. The van der Waals surface area contributed by atoms with Gasteiger partial charge in [0, 0.05) is 47.2 Å². The van der Waals surface area contributed by atoms with Crippen molar-refractivity contribution in [2.24, 2.45) is 0 Å². The van der Waals surface area contributed by atoms with Gasteiger partial charge in [0.25, 0.3) is 0 Å². The number of fused-ring (bicyclic) bond motifs is 1. The molecule has 27 heavy (non-hydrogen) atoms. The molecule has 0 radical (unpaired) electrons. The Morgan fingerprint density at radius 3 is 2.67 bits per heavy atom. The summed E-state index contributed by atoms with van der Waals surface area (Å²) < 4.78 is 19.8. The second-order valence-corrected chi connectivity index (χ2v) is 6.31. The van der Waals surface area contributed by atoms with Gasteiger partial charge in [-0.15, -0.1) is 0 Å². The van der Waals surface area contributed by atoms with E-state index in [0.717, 1.165) is 22.2 Å². The van der Waals surface area contributed by atoms with Crippen LogP contribution in [0.25, 0.3) is 11.0 Å². The molecule has 0 atom stereocenters. The monoisotopic (exact) mass is 362 g/mol. The molecule has 0 fully saturated rings. The van der Waals surface area contributed by atoms with E-state index >= 15 is 0 Å². The smallest absolute Gasteiger partial charge is 0.216 e. The van der Waals surface area contributed by atoms with Crippen LogP contribution in [0.1, 0.15) is 22.4 Å². The van der Waals surface area contributed by atoms with Crippen LogP contribution in [0.5, 0.6) is 5.88 Å². The third-order valence-electron chi connectivity index (χ3n) is 4.60. The summed E-state index contributed by atoms with van der Waals surface area (Å²) in [5.41, 5.74) is 4.08.